The van der Waals surface area contributed by atoms with Gasteiger partial charge in [-0.2, -0.15) is 13.2 Å². The van der Waals surface area contributed by atoms with E-state index < -0.39 is 11.9 Å². The molecule has 0 spiro atoms. The molecule has 1 unspecified atom stereocenters. The molecule has 1 aromatic rings. The number of ether oxygens (including phenoxy) is 1. The smallest absolute Gasteiger partial charge is 0.380 e. The second-order valence-corrected chi connectivity index (χ2v) is 3.83. The first-order valence-corrected chi connectivity index (χ1v) is 5.42. The predicted octanol–water partition coefficient (Wildman–Crippen LogP) is 2.01. The fourth-order valence-corrected chi connectivity index (χ4v) is 1.29. The van der Waals surface area contributed by atoms with Gasteiger partial charge in [0.05, 0.1) is 6.10 Å². The van der Waals surface area contributed by atoms with E-state index in [1.54, 1.807) is 6.92 Å². The standard InChI is InChI=1S/C11H16F3N3O/c1-7(18-2)6-16-10-8(5-15)3-4-9(17-10)11(12,13)14/h3-4,7H,5-6,15H2,1-2H3,(H,16,17). The topological polar surface area (TPSA) is 60.2 Å². The van der Waals surface area contributed by atoms with Crippen molar-refractivity contribution in [3.8, 4) is 0 Å². The number of rotatable bonds is 5. The molecule has 0 saturated heterocycles. The molecule has 102 valence electrons. The fraction of sp³-hybridized carbons (Fsp3) is 0.545. The van der Waals surface area contributed by atoms with Gasteiger partial charge in [-0.3, -0.25) is 0 Å². The predicted molar refractivity (Wildman–Crippen MR) is 62.1 cm³/mol. The van der Waals surface area contributed by atoms with Crippen LogP contribution in [0.4, 0.5) is 19.0 Å². The van der Waals surface area contributed by atoms with Crippen LogP contribution in [-0.2, 0) is 17.5 Å². The number of methoxy groups -OCH3 is 1. The maximum atomic E-state index is 12.5. The Balaban J connectivity index is 2.92. The van der Waals surface area contributed by atoms with E-state index in [-0.39, 0.29) is 18.5 Å². The lowest BCUT2D eigenvalue weighted by atomic mass is 10.2. The molecule has 0 aliphatic heterocycles. The van der Waals surface area contributed by atoms with Crippen LogP contribution in [0.1, 0.15) is 18.2 Å². The molecule has 4 nitrogen and oxygen atoms in total. The van der Waals surface area contributed by atoms with E-state index in [2.05, 4.69) is 10.3 Å². The highest BCUT2D eigenvalue weighted by molar-refractivity contribution is 5.45. The van der Waals surface area contributed by atoms with Crippen molar-refractivity contribution in [1.82, 2.24) is 4.98 Å². The maximum absolute atomic E-state index is 12.5. The van der Waals surface area contributed by atoms with Crippen molar-refractivity contribution in [2.24, 2.45) is 5.73 Å². The zero-order valence-electron chi connectivity index (χ0n) is 10.2. The van der Waals surface area contributed by atoms with Gasteiger partial charge in [0.15, 0.2) is 0 Å². The Morgan fingerprint density at radius 3 is 2.61 bits per heavy atom. The third-order valence-corrected chi connectivity index (χ3v) is 2.45. The second-order valence-electron chi connectivity index (χ2n) is 3.83. The Morgan fingerprint density at radius 2 is 2.11 bits per heavy atom. The zero-order chi connectivity index (χ0) is 13.8. The van der Waals surface area contributed by atoms with E-state index in [1.165, 1.54) is 13.2 Å². The van der Waals surface area contributed by atoms with Gasteiger partial charge in [-0.25, -0.2) is 4.98 Å². The number of nitrogens with two attached hydrogens (primary N) is 1. The van der Waals surface area contributed by atoms with Crippen LogP contribution in [0.25, 0.3) is 0 Å². The Bertz CT molecular complexity index is 396. The minimum absolute atomic E-state index is 0.120. The first-order chi connectivity index (χ1) is 8.38. The van der Waals surface area contributed by atoms with Gasteiger partial charge in [0.1, 0.15) is 11.5 Å². The summed E-state index contributed by atoms with van der Waals surface area (Å²) in [7, 11) is 1.52. The Morgan fingerprint density at radius 1 is 1.44 bits per heavy atom. The Kier molecular flexibility index (Phi) is 4.92. The minimum Gasteiger partial charge on any atom is -0.380 e. The van der Waals surface area contributed by atoms with Crippen molar-refractivity contribution in [3.05, 3.63) is 23.4 Å². The first kappa shape index (κ1) is 14.7. The molecule has 0 fully saturated rings. The fourth-order valence-electron chi connectivity index (χ4n) is 1.29. The summed E-state index contributed by atoms with van der Waals surface area (Å²) < 4.78 is 42.6. The van der Waals surface area contributed by atoms with Gasteiger partial charge in [0, 0.05) is 25.8 Å². The zero-order valence-corrected chi connectivity index (χ0v) is 10.2. The van der Waals surface area contributed by atoms with E-state index in [0.717, 1.165) is 6.07 Å². The van der Waals surface area contributed by atoms with Crippen molar-refractivity contribution < 1.29 is 17.9 Å². The minimum atomic E-state index is -4.46. The molecule has 18 heavy (non-hydrogen) atoms. The van der Waals surface area contributed by atoms with Crippen LogP contribution in [0.3, 0.4) is 0 Å². The number of hydrogen-bond acceptors (Lipinski definition) is 4. The number of anilines is 1. The highest BCUT2D eigenvalue weighted by Crippen LogP contribution is 2.29. The maximum Gasteiger partial charge on any atom is 0.433 e. The average Bonchev–Trinajstić information content (AvgIpc) is 2.34. The number of nitrogens with one attached hydrogen (secondary N) is 1. The summed E-state index contributed by atoms with van der Waals surface area (Å²) in [4.78, 5) is 3.55. The quantitative estimate of drug-likeness (QED) is 0.853. The van der Waals surface area contributed by atoms with Crippen LogP contribution >= 0.6 is 0 Å². The SMILES string of the molecule is COC(C)CNc1nc(C(F)(F)F)ccc1CN. The Hall–Kier alpha value is -1.34. The second kappa shape index (κ2) is 6.01. The summed E-state index contributed by atoms with van der Waals surface area (Å²) in [6.45, 7) is 2.27. The summed E-state index contributed by atoms with van der Waals surface area (Å²) in [5.74, 6) is 0.149. The summed E-state index contributed by atoms with van der Waals surface area (Å²) in [6.07, 6.45) is -4.59. The summed E-state index contributed by atoms with van der Waals surface area (Å²) in [6, 6.07) is 2.25. The molecule has 1 heterocycles. The van der Waals surface area contributed by atoms with Crippen molar-refractivity contribution in [2.45, 2.75) is 25.7 Å². The number of halogens is 3. The molecule has 0 radical (unpaired) electrons. The Labute approximate surface area is 103 Å². The van der Waals surface area contributed by atoms with Gasteiger partial charge in [0.2, 0.25) is 0 Å². The molecule has 1 aromatic heterocycles. The lowest BCUT2D eigenvalue weighted by Crippen LogP contribution is -2.21. The molecule has 0 aliphatic rings. The summed E-state index contributed by atoms with van der Waals surface area (Å²) in [5.41, 5.74) is 5.05. The number of aromatic nitrogens is 1. The number of nitrogens with zero attached hydrogens (tertiary/aromatic N) is 1. The molecular formula is C11H16F3N3O. The van der Waals surface area contributed by atoms with Gasteiger partial charge in [0.25, 0.3) is 0 Å². The molecule has 0 aromatic carbocycles. The van der Waals surface area contributed by atoms with Crippen LogP contribution in [0.2, 0.25) is 0 Å². The molecule has 0 bridgehead atoms. The average molecular weight is 263 g/mol. The van der Waals surface area contributed by atoms with Crippen LogP contribution in [0.5, 0.6) is 0 Å². The van der Waals surface area contributed by atoms with Crippen molar-refractivity contribution in [1.29, 1.82) is 0 Å². The van der Waals surface area contributed by atoms with Gasteiger partial charge in [-0.05, 0) is 13.0 Å². The summed E-state index contributed by atoms with van der Waals surface area (Å²) in [5, 5.41) is 2.81. The molecule has 0 amide bonds. The first-order valence-electron chi connectivity index (χ1n) is 5.42. The van der Waals surface area contributed by atoms with Crippen LogP contribution < -0.4 is 11.1 Å². The van der Waals surface area contributed by atoms with E-state index in [9.17, 15) is 13.2 Å². The summed E-state index contributed by atoms with van der Waals surface area (Å²) >= 11 is 0. The highest BCUT2D eigenvalue weighted by Gasteiger charge is 2.32. The van der Waals surface area contributed by atoms with Gasteiger partial charge in [-0.1, -0.05) is 6.07 Å². The third kappa shape index (κ3) is 3.85. The lowest BCUT2D eigenvalue weighted by molar-refractivity contribution is -0.141. The molecule has 0 saturated carbocycles. The normalized spacial score (nSPS) is 13.4. The number of alkyl halides is 3. The van der Waals surface area contributed by atoms with E-state index in [1.807, 2.05) is 0 Å². The number of pyridine rings is 1. The monoisotopic (exact) mass is 263 g/mol. The number of hydrogen-bond donors (Lipinski definition) is 2. The molecule has 7 heteroatoms. The van der Waals surface area contributed by atoms with E-state index in [0.29, 0.717) is 12.1 Å². The molecule has 1 rings (SSSR count). The van der Waals surface area contributed by atoms with Gasteiger partial charge < -0.3 is 15.8 Å². The van der Waals surface area contributed by atoms with E-state index in [4.69, 9.17) is 10.5 Å². The lowest BCUT2D eigenvalue weighted by Gasteiger charge is -2.15. The van der Waals surface area contributed by atoms with Crippen molar-refractivity contribution >= 4 is 5.82 Å². The molecule has 3 N–H and O–H groups in total. The molecule has 1 atom stereocenters. The van der Waals surface area contributed by atoms with Crippen LogP contribution in [0.15, 0.2) is 12.1 Å². The van der Waals surface area contributed by atoms with Crippen molar-refractivity contribution in [2.75, 3.05) is 19.0 Å². The van der Waals surface area contributed by atoms with Crippen LogP contribution in [0, 0.1) is 0 Å². The molecular weight excluding hydrogens is 247 g/mol. The highest BCUT2D eigenvalue weighted by atomic mass is 19.4. The van der Waals surface area contributed by atoms with Crippen LogP contribution in [-0.4, -0.2) is 24.7 Å². The third-order valence-electron chi connectivity index (χ3n) is 2.45. The molecule has 0 aliphatic carbocycles. The van der Waals surface area contributed by atoms with Gasteiger partial charge in [-0.15, -0.1) is 0 Å². The largest absolute Gasteiger partial charge is 0.433 e. The van der Waals surface area contributed by atoms with E-state index >= 15 is 0 Å². The van der Waals surface area contributed by atoms with Crippen molar-refractivity contribution in [3.63, 3.8) is 0 Å². The van der Waals surface area contributed by atoms with Gasteiger partial charge >= 0.3 is 6.18 Å².